The van der Waals surface area contributed by atoms with Crippen LogP contribution < -0.4 is 0 Å². The van der Waals surface area contributed by atoms with Crippen LogP contribution >= 0.6 is 0 Å². The van der Waals surface area contributed by atoms with Gasteiger partial charge in [0.15, 0.2) is 11.6 Å². The van der Waals surface area contributed by atoms with Gasteiger partial charge >= 0.3 is 0 Å². The molecule has 1 aliphatic rings. The lowest BCUT2D eigenvalue weighted by atomic mass is 10.0. The predicted molar refractivity (Wildman–Crippen MR) is 59.7 cm³/mol. The lowest BCUT2D eigenvalue weighted by molar-refractivity contribution is 0.0923. The Bertz CT molecular complexity index is 691. The Hall–Kier alpha value is -2.10. The van der Waals surface area contributed by atoms with Crippen LogP contribution in [-0.4, -0.2) is 16.6 Å². The summed E-state index contributed by atoms with van der Waals surface area (Å²) in [6.45, 7) is 1.69. The summed E-state index contributed by atoms with van der Waals surface area (Å²) < 4.78 is 13.2. The molecule has 84 valence electrons. The fraction of sp³-hybridized carbons (Fsp3) is 0.154. The molecule has 0 N–H and O–H groups in total. The number of nitrogens with zero attached hydrogens (tertiary/aromatic N) is 1. The molecular formula is C13H8FNO2. The van der Waals surface area contributed by atoms with Gasteiger partial charge in [0.1, 0.15) is 5.82 Å². The Labute approximate surface area is 96.3 Å². The molecule has 0 amide bonds. The minimum absolute atomic E-state index is 0.131. The number of hydrogen-bond acceptors (Lipinski definition) is 3. The van der Waals surface area contributed by atoms with E-state index < -0.39 is 5.82 Å². The molecule has 0 unspecified atom stereocenters. The number of benzene rings is 1. The number of hydrogen-bond donors (Lipinski definition) is 0. The van der Waals surface area contributed by atoms with E-state index in [-0.39, 0.29) is 18.0 Å². The van der Waals surface area contributed by atoms with Gasteiger partial charge in [-0.1, -0.05) is 0 Å². The zero-order valence-corrected chi connectivity index (χ0v) is 9.08. The maximum Gasteiger partial charge on any atom is 0.173 e. The lowest BCUT2D eigenvalue weighted by Gasteiger charge is -2.06. The van der Waals surface area contributed by atoms with Gasteiger partial charge in [-0.2, -0.15) is 0 Å². The first-order valence-electron chi connectivity index (χ1n) is 5.24. The molecule has 0 bridgehead atoms. The number of halogens is 1. The summed E-state index contributed by atoms with van der Waals surface area (Å²) in [5, 5.41) is 0.432. The van der Waals surface area contributed by atoms with Crippen LogP contribution in [-0.2, 0) is 0 Å². The van der Waals surface area contributed by atoms with Crippen LogP contribution in [0.15, 0.2) is 18.2 Å². The molecule has 1 aromatic carbocycles. The second kappa shape index (κ2) is 3.20. The van der Waals surface area contributed by atoms with Crippen molar-refractivity contribution in [3.8, 4) is 0 Å². The number of aromatic nitrogens is 1. The van der Waals surface area contributed by atoms with E-state index in [4.69, 9.17) is 0 Å². The number of ketones is 2. The number of aryl methyl sites for hydroxylation is 1. The van der Waals surface area contributed by atoms with Crippen molar-refractivity contribution in [2.75, 3.05) is 0 Å². The number of Topliss-reactive ketones (excluding diaryl/α,β-unsaturated/α-hetero) is 2. The molecule has 3 nitrogen and oxygen atoms in total. The van der Waals surface area contributed by atoms with Crippen LogP contribution in [0.5, 0.6) is 0 Å². The van der Waals surface area contributed by atoms with Crippen LogP contribution in [0.2, 0.25) is 0 Å². The molecule has 0 aliphatic heterocycles. The van der Waals surface area contributed by atoms with Crippen LogP contribution in [0, 0.1) is 12.7 Å². The predicted octanol–water partition coefficient (Wildman–Crippen LogP) is 2.45. The molecule has 1 heterocycles. The Morgan fingerprint density at radius 2 is 1.88 bits per heavy atom. The summed E-state index contributed by atoms with van der Waals surface area (Å²) in [5.41, 5.74) is 1.77. The van der Waals surface area contributed by atoms with Gasteiger partial charge in [0.2, 0.25) is 0 Å². The quantitative estimate of drug-likeness (QED) is 0.652. The van der Waals surface area contributed by atoms with Gasteiger partial charge in [-0.05, 0) is 25.1 Å². The Balaban J connectivity index is 2.53. The normalized spacial score (nSPS) is 14.5. The number of fused-ring (bicyclic) bond motifs is 3. The number of pyridine rings is 1. The van der Waals surface area contributed by atoms with Crippen molar-refractivity contribution in [2.24, 2.45) is 0 Å². The fourth-order valence-corrected chi connectivity index (χ4v) is 2.31. The van der Waals surface area contributed by atoms with Crippen LogP contribution in [0.3, 0.4) is 0 Å². The van der Waals surface area contributed by atoms with E-state index in [2.05, 4.69) is 4.98 Å². The molecule has 1 aromatic heterocycles. The third-order valence-electron chi connectivity index (χ3n) is 3.01. The molecule has 0 atom stereocenters. The van der Waals surface area contributed by atoms with E-state index >= 15 is 0 Å². The summed E-state index contributed by atoms with van der Waals surface area (Å²) in [6.07, 6.45) is -0.131. The average molecular weight is 229 g/mol. The molecule has 0 spiro atoms. The van der Waals surface area contributed by atoms with E-state index in [0.29, 0.717) is 27.7 Å². The first kappa shape index (κ1) is 10.1. The van der Waals surface area contributed by atoms with Gasteiger partial charge in [0, 0.05) is 16.6 Å². The van der Waals surface area contributed by atoms with Crippen LogP contribution in [0.25, 0.3) is 10.9 Å². The van der Waals surface area contributed by atoms with Gasteiger partial charge in [0.05, 0.1) is 17.5 Å². The summed E-state index contributed by atoms with van der Waals surface area (Å²) >= 11 is 0. The second-order valence-corrected chi connectivity index (χ2v) is 4.13. The summed E-state index contributed by atoms with van der Waals surface area (Å²) in [5.74, 6) is -0.898. The minimum Gasteiger partial charge on any atom is -0.294 e. The standard InChI is InChI=1S/C13H8FNO2/c1-6-12-10(16)5-11(17)13(12)8-4-7(14)2-3-9(8)15-6/h2-4H,5H2,1H3. The van der Waals surface area contributed by atoms with Crippen molar-refractivity contribution in [1.82, 2.24) is 4.98 Å². The van der Waals surface area contributed by atoms with Gasteiger partial charge in [-0.25, -0.2) is 4.39 Å². The fourth-order valence-electron chi connectivity index (χ4n) is 2.31. The number of rotatable bonds is 0. The molecule has 0 fully saturated rings. The van der Waals surface area contributed by atoms with Crippen molar-refractivity contribution in [2.45, 2.75) is 13.3 Å². The van der Waals surface area contributed by atoms with Gasteiger partial charge < -0.3 is 0 Å². The second-order valence-electron chi connectivity index (χ2n) is 4.13. The molecule has 2 aromatic rings. The molecule has 0 radical (unpaired) electrons. The van der Waals surface area contributed by atoms with E-state index in [1.165, 1.54) is 18.2 Å². The Morgan fingerprint density at radius 1 is 1.18 bits per heavy atom. The van der Waals surface area contributed by atoms with Crippen LogP contribution in [0.1, 0.15) is 32.8 Å². The zero-order valence-electron chi connectivity index (χ0n) is 9.08. The third-order valence-corrected chi connectivity index (χ3v) is 3.01. The molecular weight excluding hydrogens is 221 g/mol. The first-order chi connectivity index (χ1) is 8.08. The Morgan fingerprint density at radius 3 is 2.65 bits per heavy atom. The minimum atomic E-state index is -0.433. The van der Waals surface area contributed by atoms with Crippen molar-refractivity contribution < 1.29 is 14.0 Å². The van der Waals surface area contributed by atoms with Gasteiger partial charge in [0.25, 0.3) is 0 Å². The maximum atomic E-state index is 13.2. The summed E-state index contributed by atoms with van der Waals surface area (Å²) in [7, 11) is 0. The smallest absolute Gasteiger partial charge is 0.173 e. The molecule has 3 rings (SSSR count). The van der Waals surface area contributed by atoms with Crippen molar-refractivity contribution in [3.63, 3.8) is 0 Å². The molecule has 0 saturated heterocycles. The topological polar surface area (TPSA) is 47.0 Å². The lowest BCUT2D eigenvalue weighted by Crippen LogP contribution is -2.00. The highest BCUT2D eigenvalue weighted by Crippen LogP contribution is 2.31. The SMILES string of the molecule is Cc1nc2ccc(F)cc2c2c1C(=O)CC2=O. The van der Waals surface area contributed by atoms with Crippen molar-refractivity contribution in [1.29, 1.82) is 0 Å². The van der Waals surface area contributed by atoms with E-state index in [0.717, 1.165) is 0 Å². The van der Waals surface area contributed by atoms with Crippen LogP contribution in [0.4, 0.5) is 4.39 Å². The average Bonchev–Trinajstić information content (AvgIpc) is 2.56. The monoisotopic (exact) mass is 229 g/mol. The summed E-state index contributed by atoms with van der Waals surface area (Å²) in [4.78, 5) is 27.7. The van der Waals surface area contributed by atoms with E-state index in [1.807, 2.05) is 0 Å². The first-order valence-corrected chi connectivity index (χ1v) is 5.24. The third kappa shape index (κ3) is 1.30. The highest BCUT2D eigenvalue weighted by Gasteiger charge is 2.31. The molecule has 0 saturated carbocycles. The van der Waals surface area contributed by atoms with Gasteiger partial charge in [-0.15, -0.1) is 0 Å². The number of carbonyl (C=O) groups is 2. The van der Waals surface area contributed by atoms with E-state index in [1.54, 1.807) is 6.92 Å². The highest BCUT2D eigenvalue weighted by molar-refractivity contribution is 6.29. The Kier molecular flexibility index (Phi) is 1.90. The van der Waals surface area contributed by atoms with E-state index in [9.17, 15) is 14.0 Å². The largest absolute Gasteiger partial charge is 0.294 e. The van der Waals surface area contributed by atoms with Crippen molar-refractivity contribution >= 4 is 22.5 Å². The summed E-state index contributed by atoms with van der Waals surface area (Å²) in [6, 6.07) is 4.08. The molecule has 17 heavy (non-hydrogen) atoms. The molecule has 4 heteroatoms. The number of carbonyl (C=O) groups excluding carboxylic acids is 2. The van der Waals surface area contributed by atoms with Gasteiger partial charge in [-0.3, -0.25) is 14.6 Å². The van der Waals surface area contributed by atoms with Crippen molar-refractivity contribution in [3.05, 3.63) is 40.8 Å². The molecule has 1 aliphatic carbocycles. The highest BCUT2D eigenvalue weighted by atomic mass is 19.1. The zero-order chi connectivity index (χ0) is 12.2. The maximum absolute atomic E-state index is 13.2.